The third kappa shape index (κ3) is 5.82. The van der Waals surface area contributed by atoms with Crippen molar-refractivity contribution in [2.45, 2.75) is 4.90 Å². The summed E-state index contributed by atoms with van der Waals surface area (Å²) in [6, 6.07) is 19.0. The Morgan fingerprint density at radius 2 is 1.75 bits per heavy atom. The van der Waals surface area contributed by atoms with E-state index in [0.29, 0.717) is 18.0 Å². The van der Waals surface area contributed by atoms with E-state index in [4.69, 9.17) is 27.9 Å². The normalized spacial score (nSPS) is 10.9. The maximum atomic E-state index is 13.3. The smallest absolute Gasteiger partial charge is 0.264 e. The lowest BCUT2D eigenvalue weighted by atomic mass is 10.3. The Bertz CT molecular complexity index is 1220. The largest absolute Gasteiger partial charge is 0.489 e. The summed E-state index contributed by atoms with van der Waals surface area (Å²) in [6.45, 7) is 3.43. The average Bonchev–Trinajstić information content (AvgIpc) is 2.79. The number of ether oxygens (including phenoxy) is 1. The Hall–Kier alpha value is -3.00. The second kappa shape index (κ2) is 10.5. The molecule has 3 rings (SSSR count). The van der Waals surface area contributed by atoms with E-state index < -0.39 is 22.5 Å². The van der Waals surface area contributed by atoms with Crippen molar-refractivity contribution in [1.29, 1.82) is 0 Å². The molecule has 0 radical (unpaired) electrons. The number of nitrogens with one attached hydrogen (secondary N) is 1. The summed E-state index contributed by atoms with van der Waals surface area (Å²) in [5.41, 5.74) is 0.671. The lowest BCUT2D eigenvalue weighted by Crippen LogP contribution is -2.38. The zero-order valence-corrected chi connectivity index (χ0v) is 19.2. The molecule has 1 N–H and O–H groups in total. The van der Waals surface area contributed by atoms with Crippen LogP contribution in [0.5, 0.6) is 5.75 Å². The number of benzene rings is 3. The highest BCUT2D eigenvalue weighted by Crippen LogP contribution is 2.30. The summed E-state index contributed by atoms with van der Waals surface area (Å²) in [4.78, 5) is 12.9. The van der Waals surface area contributed by atoms with Crippen molar-refractivity contribution >= 4 is 50.5 Å². The minimum atomic E-state index is -4.06. The van der Waals surface area contributed by atoms with Crippen LogP contribution < -0.4 is 14.4 Å². The van der Waals surface area contributed by atoms with Crippen LogP contribution >= 0.6 is 23.2 Å². The van der Waals surface area contributed by atoms with Gasteiger partial charge in [0.25, 0.3) is 10.0 Å². The zero-order valence-electron chi connectivity index (χ0n) is 16.9. The molecule has 3 aromatic rings. The topological polar surface area (TPSA) is 75.7 Å². The molecule has 9 heteroatoms. The van der Waals surface area contributed by atoms with Gasteiger partial charge in [-0.3, -0.25) is 9.10 Å². The maximum Gasteiger partial charge on any atom is 0.264 e. The van der Waals surface area contributed by atoms with E-state index in [0.717, 1.165) is 4.31 Å². The summed E-state index contributed by atoms with van der Waals surface area (Å²) < 4.78 is 33.1. The molecular formula is C23H20Cl2N2O4S. The molecule has 0 aliphatic heterocycles. The van der Waals surface area contributed by atoms with E-state index in [2.05, 4.69) is 11.9 Å². The SMILES string of the molecule is C=CCOc1cccc(NC(=O)CN(c2ccc(Cl)c(Cl)c2)S(=O)(=O)c2ccccc2)c1. The predicted molar refractivity (Wildman–Crippen MR) is 128 cm³/mol. The Balaban J connectivity index is 1.90. The molecule has 166 valence electrons. The Kier molecular flexibility index (Phi) is 7.80. The summed E-state index contributed by atoms with van der Waals surface area (Å²) in [5, 5.41) is 3.14. The predicted octanol–water partition coefficient (Wildman–Crippen LogP) is 5.39. The average molecular weight is 491 g/mol. The van der Waals surface area contributed by atoms with Crippen molar-refractivity contribution in [2.24, 2.45) is 0 Å². The van der Waals surface area contributed by atoms with Crippen molar-refractivity contribution in [3.05, 3.63) is 95.5 Å². The van der Waals surface area contributed by atoms with Crippen LogP contribution in [0.2, 0.25) is 10.0 Å². The molecule has 0 spiro atoms. The van der Waals surface area contributed by atoms with Crippen LogP contribution in [0, 0.1) is 0 Å². The minimum absolute atomic E-state index is 0.0405. The zero-order chi connectivity index (χ0) is 23.1. The second-order valence-electron chi connectivity index (χ2n) is 6.60. The first-order valence-electron chi connectivity index (χ1n) is 9.47. The number of nitrogens with zero attached hydrogens (tertiary/aromatic N) is 1. The van der Waals surface area contributed by atoms with Gasteiger partial charge in [-0.2, -0.15) is 0 Å². The first kappa shape index (κ1) is 23.7. The van der Waals surface area contributed by atoms with E-state index in [-0.39, 0.29) is 20.6 Å². The van der Waals surface area contributed by atoms with Crippen LogP contribution in [0.25, 0.3) is 0 Å². The van der Waals surface area contributed by atoms with Crippen molar-refractivity contribution in [2.75, 3.05) is 22.8 Å². The van der Waals surface area contributed by atoms with Crippen LogP contribution in [0.4, 0.5) is 11.4 Å². The fourth-order valence-corrected chi connectivity index (χ4v) is 4.55. The number of halogens is 2. The van der Waals surface area contributed by atoms with Gasteiger partial charge < -0.3 is 10.1 Å². The molecule has 0 bridgehead atoms. The molecule has 0 atom stereocenters. The van der Waals surface area contributed by atoms with E-state index in [9.17, 15) is 13.2 Å². The molecule has 1 amide bonds. The molecular weight excluding hydrogens is 471 g/mol. The Labute approximate surface area is 197 Å². The summed E-state index contributed by atoms with van der Waals surface area (Å²) >= 11 is 12.1. The molecule has 3 aromatic carbocycles. The van der Waals surface area contributed by atoms with Crippen molar-refractivity contribution in [3.8, 4) is 5.75 Å². The van der Waals surface area contributed by atoms with Gasteiger partial charge in [-0.15, -0.1) is 0 Å². The number of amides is 1. The van der Waals surface area contributed by atoms with Gasteiger partial charge in [0.15, 0.2) is 0 Å². The molecule has 32 heavy (non-hydrogen) atoms. The quantitative estimate of drug-likeness (QED) is 0.407. The fourth-order valence-electron chi connectivity index (χ4n) is 2.82. The van der Waals surface area contributed by atoms with Crippen LogP contribution in [-0.2, 0) is 14.8 Å². The van der Waals surface area contributed by atoms with Crippen LogP contribution in [0.1, 0.15) is 0 Å². The lowest BCUT2D eigenvalue weighted by Gasteiger charge is -2.24. The number of hydrogen-bond donors (Lipinski definition) is 1. The summed E-state index contributed by atoms with van der Waals surface area (Å²) in [7, 11) is -4.06. The third-order valence-corrected chi connectivity index (χ3v) is 6.82. The van der Waals surface area contributed by atoms with Crippen LogP contribution in [0.15, 0.2) is 90.3 Å². The van der Waals surface area contributed by atoms with E-state index in [1.165, 1.54) is 30.3 Å². The van der Waals surface area contributed by atoms with Gasteiger partial charge in [0.05, 0.1) is 20.6 Å². The van der Waals surface area contributed by atoms with Gasteiger partial charge in [0.2, 0.25) is 5.91 Å². The first-order valence-corrected chi connectivity index (χ1v) is 11.7. The summed E-state index contributed by atoms with van der Waals surface area (Å²) in [6.07, 6.45) is 1.61. The van der Waals surface area contributed by atoms with Crippen molar-refractivity contribution < 1.29 is 17.9 Å². The van der Waals surface area contributed by atoms with Gasteiger partial charge in [0, 0.05) is 11.8 Å². The standard InChI is InChI=1S/C23H20Cl2N2O4S/c1-2-13-31-19-8-6-7-17(14-19)26-23(28)16-27(18-11-12-21(24)22(25)15-18)32(29,30)20-9-4-3-5-10-20/h2-12,14-15H,1,13,16H2,(H,26,28). The Morgan fingerprint density at radius 1 is 1.00 bits per heavy atom. The second-order valence-corrected chi connectivity index (χ2v) is 9.28. The highest BCUT2D eigenvalue weighted by atomic mass is 35.5. The minimum Gasteiger partial charge on any atom is -0.489 e. The molecule has 6 nitrogen and oxygen atoms in total. The van der Waals surface area contributed by atoms with E-state index >= 15 is 0 Å². The molecule has 0 aromatic heterocycles. The van der Waals surface area contributed by atoms with Gasteiger partial charge >= 0.3 is 0 Å². The summed E-state index contributed by atoms with van der Waals surface area (Å²) in [5.74, 6) is -0.00241. The number of anilines is 2. The molecule has 0 heterocycles. The fraction of sp³-hybridized carbons (Fsp3) is 0.0870. The monoisotopic (exact) mass is 490 g/mol. The third-order valence-electron chi connectivity index (χ3n) is 4.30. The number of hydrogen-bond acceptors (Lipinski definition) is 4. The van der Waals surface area contributed by atoms with Gasteiger partial charge in [-0.1, -0.05) is 60.1 Å². The molecule has 0 fully saturated rings. The molecule has 0 saturated heterocycles. The molecule has 0 aliphatic rings. The van der Waals surface area contributed by atoms with Gasteiger partial charge in [0.1, 0.15) is 18.9 Å². The maximum absolute atomic E-state index is 13.3. The number of carbonyl (C=O) groups is 1. The molecule has 0 unspecified atom stereocenters. The van der Waals surface area contributed by atoms with Gasteiger partial charge in [-0.25, -0.2) is 8.42 Å². The number of carbonyl (C=O) groups excluding carboxylic acids is 1. The number of rotatable bonds is 9. The number of sulfonamides is 1. The Morgan fingerprint density at radius 3 is 2.44 bits per heavy atom. The van der Waals surface area contributed by atoms with Crippen molar-refractivity contribution in [3.63, 3.8) is 0 Å². The highest BCUT2D eigenvalue weighted by Gasteiger charge is 2.27. The lowest BCUT2D eigenvalue weighted by molar-refractivity contribution is -0.114. The highest BCUT2D eigenvalue weighted by molar-refractivity contribution is 7.92. The molecule has 0 aliphatic carbocycles. The molecule has 0 saturated carbocycles. The van der Waals surface area contributed by atoms with E-state index in [1.807, 2.05) is 0 Å². The van der Waals surface area contributed by atoms with Crippen LogP contribution in [-0.4, -0.2) is 27.5 Å². The first-order chi connectivity index (χ1) is 15.3. The van der Waals surface area contributed by atoms with E-state index in [1.54, 1.807) is 48.5 Å². The van der Waals surface area contributed by atoms with Crippen molar-refractivity contribution in [1.82, 2.24) is 0 Å². The van der Waals surface area contributed by atoms with Gasteiger partial charge in [-0.05, 0) is 42.5 Å². The van der Waals surface area contributed by atoms with Crippen LogP contribution in [0.3, 0.4) is 0 Å².